The van der Waals surface area contributed by atoms with Crippen LogP contribution in [-0.4, -0.2) is 54.2 Å². The summed E-state index contributed by atoms with van der Waals surface area (Å²) in [5, 5.41) is 14.8. The fourth-order valence-electron chi connectivity index (χ4n) is 4.26. The van der Waals surface area contributed by atoms with Crippen LogP contribution in [0.15, 0.2) is 66.7 Å². The molecular formula is C27H28N4O4. The van der Waals surface area contributed by atoms with Crippen molar-refractivity contribution in [3.8, 4) is 0 Å². The molecule has 1 fully saturated rings. The first-order chi connectivity index (χ1) is 16.8. The maximum Gasteiger partial charge on any atom is 0.293 e. The maximum absolute atomic E-state index is 12.7. The van der Waals surface area contributed by atoms with Gasteiger partial charge in [-0.15, -0.1) is 0 Å². The number of nitro benzene ring substituents is 1. The van der Waals surface area contributed by atoms with Crippen molar-refractivity contribution in [3.63, 3.8) is 0 Å². The van der Waals surface area contributed by atoms with E-state index in [9.17, 15) is 19.7 Å². The Balaban J connectivity index is 1.40. The number of hydrogen-bond donors (Lipinski definition) is 1. The molecule has 0 aromatic heterocycles. The number of hydrogen-bond acceptors (Lipinski definition) is 6. The van der Waals surface area contributed by atoms with E-state index in [-0.39, 0.29) is 29.5 Å². The highest BCUT2D eigenvalue weighted by Crippen LogP contribution is 2.31. The molecule has 0 bridgehead atoms. The highest BCUT2D eigenvalue weighted by Gasteiger charge is 2.26. The molecule has 0 saturated carbocycles. The lowest BCUT2D eigenvalue weighted by Gasteiger charge is -2.35. The van der Waals surface area contributed by atoms with Gasteiger partial charge in [0.25, 0.3) is 5.69 Å². The number of nitrogens with zero attached hydrogens (tertiary/aromatic N) is 3. The van der Waals surface area contributed by atoms with E-state index in [1.54, 1.807) is 36.4 Å². The molecule has 1 heterocycles. The van der Waals surface area contributed by atoms with Gasteiger partial charge >= 0.3 is 0 Å². The van der Waals surface area contributed by atoms with Gasteiger partial charge in [0.2, 0.25) is 5.91 Å². The predicted molar refractivity (Wildman–Crippen MR) is 136 cm³/mol. The number of aryl methyl sites for hydroxylation is 1. The highest BCUT2D eigenvalue weighted by atomic mass is 16.6. The fourth-order valence-corrected chi connectivity index (χ4v) is 4.26. The van der Waals surface area contributed by atoms with Gasteiger partial charge < -0.3 is 10.2 Å². The number of nitro groups is 1. The van der Waals surface area contributed by atoms with Crippen LogP contribution in [0.25, 0.3) is 0 Å². The van der Waals surface area contributed by atoms with Gasteiger partial charge in [-0.3, -0.25) is 24.6 Å². The molecule has 3 aromatic carbocycles. The molecule has 0 aliphatic carbocycles. The Morgan fingerprint density at radius 2 is 1.63 bits per heavy atom. The zero-order chi connectivity index (χ0) is 24.9. The molecule has 1 saturated heterocycles. The predicted octanol–water partition coefficient (Wildman–Crippen LogP) is 4.20. The van der Waals surface area contributed by atoms with E-state index >= 15 is 0 Å². The van der Waals surface area contributed by atoms with Crippen molar-refractivity contribution in [1.82, 2.24) is 4.90 Å². The smallest absolute Gasteiger partial charge is 0.293 e. The van der Waals surface area contributed by atoms with Crippen LogP contribution in [0.3, 0.4) is 0 Å². The minimum atomic E-state index is -0.443. The zero-order valence-electron chi connectivity index (χ0n) is 19.9. The molecule has 1 aliphatic rings. The lowest BCUT2D eigenvalue weighted by Crippen LogP contribution is -2.48. The Labute approximate surface area is 204 Å². The molecule has 1 amide bonds. The van der Waals surface area contributed by atoms with Crippen LogP contribution < -0.4 is 10.2 Å². The second-order valence-corrected chi connectivity index (χ2v) is 8.71. The van der Waals surface area contributed by atoms with Crippen LogP contribution in [0.1, 0.15) is 27.0 Å². The number of benzene rings is 3. The molecule has 4 rings (SSSR count). The summed E-state index contributed by atoms with van der Waals surface area (Å²) in [5.74, 6) is -0.332. The van der Waals surface area contributed by atoms with Crippen molar-refractivity contribution in [1.29, 1.82) is 0 Å². The number of piperazine rings is 1. The topological polar surface area (TPSA) is 95.8 Å². The van der Waals surface area contributed by atoms with Crippen LogP contribution in [0.5, 0.6) is 0 Å². The minimum Gasteiger partial charge on any atom is -0.363 e. The van der Waals surface area contributed by atoms with Crippen molar-refractivity contribution < 1.29 is 14.5 Å². The monoisotopic (exact) mass is 472 g/mol. The third kappa shape index (κ3) is 5.55. The van der Waals surface area contributed by atoms with E-state index in [2.05, 4.69) is 5.32 Å². The first-order valence-corrected chi connectivity index (χ1v) is 11.5. The Kier molecular flexibility index (Phi) is 7.22. The second kappa shape index (κ2) is 10.5. The van der Waals surface area contributed by atoms with Crippen molar-refractivity contribution in [2.75, 3.05) is 42.9 Å². The molecule has 0 spiro atoms. The first-order valence-electron chi connectivity index (χ1n) is 11.5. The van der Waals surface area contributed by atoms with Gasteiger partial charge in [0.15, 0.2) is 5.78 Å². The van der Waals surface area contributed by atoms with E-state index in [0.29, 0.717) is 37.4 Å². The number of ketones is 1. The molecular weight excluding hydrogens is 444 g/mol. The molecule has 1 aliphatic heterocycles. The summed E-state index contributed by atoms with van der Waals surface area (Å²) in [4.78, 5) is 40.7. The van der Waals surface area contributed by atoms with E-state index in [0.717, 1.165) is 16.8 Å². The largest absolute Gasteiger partial charge is 0.363 e. The van der Waals surface area contributed by atoms with E-state index in [4.69, 9.17) is 0 Å². The Morgan fingerprint density at radius 1 is 0.914 bits per heavy atom. The lowest BCUT2D eigenvalue weighted by atomic mass is 10.0. The molecule has 0 radical (unpaired) electrons. The summed E-state index contributed by atoms with van der Waals surface area (Å²) in [7, 11) is 0. The van der Waals surface area contributed by atoms with Gasteiger partial charge in [-0.25, -0.2) is 0 Å². The second-order valence-electron chi connectivity index (χ2n) is 8.71. The summed E-state index contributed by atoms with van der Waals surface area (Å²) >= 11 is 0. The lowest BCUT2D eigenvalue weighted by molar-refractivity contribution is -0.384. The minimum absolute atomic E-state index is 0.0816. The number of carbonyl (C=O) groups is 2. The summed E-state index contributed by atoms with van der Waals surface area (Å²) in [6.07, 6.45) is 0. The van der Waals surface area contributed by atoms with E-state index in [1.165, 1.54) is 6.07 Å². The van der Waals surface area contributed by atoms with Crippen molar-refractivity contribution in [2.24, 2.45) is 0 Å². The molecule has 0 unspecified atom stereocenters. The maximum atomic E-state index is 12.7. The summed E-state index contributed by atoms with van der Waals surface area (Å²) in [5.41, 5.74) is 4.15. The van der Waals surface area contributed by atoms with Crippen molar-refractivity contribution in [3.05, 3.63) is 99.1 Å². The van der Waals surface area contributed by atoms with Gasteiger partial charge in [-0.2, -0.15) is 0 Å². The third-order valence-corrected chi connectivity index (χ3v) is 6.43. The summed E-state index contributed by atoms with van der Waals surface area (Å²) in [6.45, 7) is 6.54. The average molecular weight is 473 g/mol. The van der Waals surface area contributed by atoms with Gasteiger partial charge in [-0.1, -0.05) is 42.5 Å². The van der Waals surface area contributed by atoms with Crippen molar-refractivity contribution >= 4 is 28.8 Å². The Hall–Kier alpha value is -4.04. The van der Waals surface area contributed by atoms with Crippen LogP contribution in [0.4, 0.5) is 17.1 Å². The molecule has 1 N–H and O–H groups in total. The highest BCUT2D eigenvalue weighted by molar-refractivity contribution is 6.09. The SMILES string of the molecule is Cc1cccc(NC(=O)CN2CCN(c3ccc(C(=O)c4ccccc4)cc3[N+](=O)[O-])CC2)c1C. The fraction of sp³-hybridized carbons (Fsp3) is 0.259. The quantitative estimate of drug-likeness (QED) is 0.315. The van der Waals surface area contributed by atoms with Gasteiger partial charge in [-0.05, 0) is 43.2 Å². The number of anilines is 2. The van der Waals surface area contributed by atoms with Gasteiger partial charge in [0, 0.05) is 49.1 Å². The zero-order valence-corrected chi connectivity index (χ0v) is 19.9. The van der Waals surface area contributed by atoms with Crippen LogP contribution in [-0.2, 0) is 4.79 Å². The average Bonchev–Trinajstić information content (AvgIpc) is 2.87. The van der Waals surface area contributed by atoms with Crippen LogP contribution in [0, 0.1) is 24.0 Å². The summed E-state index contributed by atoms with van der Waals surface area (Å²) < 4.78 is 0. The van der Waals surface area contributed by atoms with Gasteiger partial charge in [0.05, 0.1) is 11.5 Å². The van der Waals surface area contributed by atoms with Crippen LogP contribution in [0.2, 0.25) is 0 Å². The number of rotatable bonds is 7. The molecule has 8 nitrogen and oxygen atoms in total. The Morgan fingerprint density at radius 3 is 2.31 bits per heavy atom. The van der Waals surface area contributed by atoms with Gasteiger partial charge in [0.1, 0.15) is 5.69 Å². The normalized spacial score (nSPS) is 13.9. The summed E-state index contributed by atoms with van der Waals surface area (Å²) in [6, 6.07) is 19.2. The molecule has 3 aromatic rings. The number of nitrogens with one attached hydrogen (secondary N) is 1. The van der Waals surface area contributed by atoms with E-state index < -0.39 is 4.92 Å². The van der Waals surface area contributed by atoms with Crippen molar-refractivity contribution in [2.45, 2.75) is 13.8 Å². The van der Waals surface area contributed by atoms with E-state index in [1.807, 2.05) is 47.9 Å². The molecule has 0 atom stereocenters. The number of amides is 1. The molecule has 35 heavy (non-hydrogen) atoms. The standard InChI is InChI=1S/C27H28N4O4/c1-19-7-6-10-23(20(19)2)28-26(32)18-29-13-15-30(16-14-29)24-12-11-22(17-25(24)31(34)35)27(33)21-8-4-3-5-9-21/h3-12,17H,13-16,18H2,1-2H3,(H,28,32). The first kappa shape index (κ1) is 24.1. The third-order valence-electron chi connectivity index (χ3n) is 6.43. The Bertz CT molecular complexity index is 1250. The number of carbonyl (C=O) groups excluding carboxylic acids is 2. The molecule has 8 heteroatoms. The van der Waals surface area contributed by atoms with Crippen LogP contribution >= 0.6 is 0 Å². The molecule has 180 valence electrons.